The fraction of sp³-hybridized carbons (Fsp3) is 0.400. The van der Waals surface area contributed by atoms with E-state index < -0.39 is 5.25 Å². The number of rotatable bonds is 6. The van der Waals surface area contributed by atoms with Crippen molar-refractivity contribution in [2.45, 2.75) is 25.0 Å². The summed E-state index contributed by atoms with van der Waals surface area (Å²) in [7, 11) is 1.58. The number of amides is 2. The lowest BCUT2D eigenvalue weighted by Gasteiger charge is -2.08. The third-order valence-electron chi connectivity index (χ3n) is 3.00. The molecule has 1 fully saturated rings. The van der Waals surface area contributed by atoms with Crippen molar-refractivity contribution in [3.63, 3.8) is 0 Å². The Labute approximate surface area is 133 Å². The molecule has 0 unspecified atom stereocenters. The maximum Gasteiger partial charge on any atom is 0.240 e. The molecule has 6 nitrogen and oxygen atoms in total. The van der Waals surface area contributed by atoms with Gasteiger partial charge in [-0.15, -0.1) is 0 Å². The van der Waals surface area contributed by atoms with Gasteiger partial charge in [-0.1, -0.05) is 18.7 Å². The summed E-state index contributed by atoms with van der Waals surface area (Å²) in [6.07, 6.45) is 1.04. The number of benzene rings is 1. The van der Waals surface area contributed by atoms with Gasteiger partial charge in [0.1, 0.15) is 11.0 Å². The molecule has 1 heterocycles. The van der Waals surface area contributed by atoms with Gasteiger partial charge in [-0.2, -0.15) is 0 Å². The zero-order valence-corrected chi connectivity index (χ0v) is 13.4. The van der Waals surface area contributed by atoms with Crippen LogP contribution in [-0.4, -0.2) is 35.9 Å². The van der Waals surface area contributed by atoms with Crippen molar-refractivity contribution in [2.75, 3.05) is 19.0 Å². The number of amidine groups is 1. The lowest BCUT2D eigenvalue weighted by atomic mass is 10.2. The van der Waals surface area contributed by atoms with Gasteiger partial charge in [-0.05, 0) is 30.7 Å². The minimum atomic E-state index is -0.422. The molecule has 1 aliphatic heterocycles. The number of carbonyl (C=O) groups is 2. The number of ether oxygens (including phenoxy) is 1. The first-order chi connectivity index (χ1) is 10.6. The molecule has 22 heavy (non-hydrogen) atoms. The number of methoxy groups -OCH3 is 1. The molecule has 1 atom stereocenters. The Balaban J connectivity index is 1.87. The van der Waals surface area contributed by atoms with Crippen molar-refractivity contribution in [3.05, 3.63) is 24.3 Å². The van der Waals surface area contributed by atoms with Crippen LogP contribution in [0.1, 0.15) is 19.8 Å². The molecule has 1 aliphatic rings. The van der Waals surface area contributed by atoms with E-state index >= 15 is 0 Å². The maximum absolute atomic E-state index is 12.0. The molecule has 2 N–H and O–H groups in total. The lowest BCUT2D eigenvalue weighted by Crippen LogP contribution is -2.28. The molecule has 0 bridgehead atoms. The van der Waals surface area contributed by atoms with E-state index in [1.54, 1.807) is 31.4 Å². The van der Waals surface area contributed by atoms with Crippen LogP contribution in [0, 0.1) is 0 Å². The lowest BCUT2D eigenvalue weighted by molar-refractivity contribution is -0.122. The molecule has 2 amide bonds. The fourth-order valence-electron chi connectivity index (χ4n) is 1.88. The molecule has 0 aromatic heterocycles. The van der Waals surface area contributed by atoms with E-state index in [0.29, 0.717) is 17.4 Å². The van der Waals surface area contributed by atoms with Crippen molar-refractivity contribution in [2.24, 2.45) is 4.99 Å². The molecule has 118 valence electrons. The van der Waals surface area contributed by atoms with Crippen LogP contribution in [-0.2, 0) is 9.59 Å². The number of hydrogen-bond acceptors (Lipinski definition) is 5. The van der Waals surface area contributed by atoms with E-state index in [1.165, 1.54) is 11.8 Å². The average Bonchev–Trinajstić information content (AvgIpc) is 2.86. The maximum atomic E-state index is 12.0. The summed E-state index contributed by atoms with van der Waals surface area (Å²) in [6, 6.07) is 7.05. The Morgan fingerprint density at radius 3 is 2.77 bits per heavy atom. The zero-order valence-electron chi connectivity index (χ0n) is 12.6. The quantitative estimate of drug-likeness (QED) is 0.840. The second-order valence-electron chi connectivity index (χ2n) is 4.76. The van der Waals surface area contributed by atoms with Crippen LogP contribution in [0.2, 0.25) is 0 Å². The van der Waals surface area contributed by atoms with Crippen LogP contribution in [0.3, 0.4) is 0 Å². The van der Waals surface area contributed by atoms with Gasteiger partial charge in [-0.25, -0.2) is 0 Å². The number of anilines is 1. The minimum absolute atomic E-state index is 0.119. The first-order valence-electron chi connectivity index (χ1n) is 7.08. The van der Waals surface area contributed by atoms with Gasteiger partial charge >= 0.3 is 0 Å². The Morgan fingerprint density at radius 2 is 2.14 bits per heavy atom. The number of carbonyl (C=O) groups excluding carboxylic acids is 2. The van der Waals surface area contributed by atoms with Crippen LogP contribution in [0.15, 0.2) is 29.3 Å². The van der Waals surface area contributed by atoms with E-state index in [-0.39, 0.29) is 18.2 Å². The highest BCUT2D eigenvalue weighted by molar-refractivity contribution is 8.15. The Hall–Kier alpha value is -2.02. The van der Waals surface area contributed by atoms with Crippen LogP contribution >= 0.6 is 11.8 Å². The monoisotopic (exact) mass is 321 g/mol. The highest BCUT2D eigenvalue weighted by Crippen LogP contribution is 2.23. The number of nitrogens with one attached hydrogen (secondary N) is 2. The van der Waals surface area contributed by atoms with Gasteiger partial charge < -0.3 is 15.4 Å². The van der Waals surface area contributed by atoms with Crippen LogP contribution in [0.5, 0.6) is 5.75 Å². The van der Waals surface area contributed by atoms with Crippen LogP contribution in [0.25, 0.3) is 0 Å². The highest BCUT2D eigenvalue weighted by Gasteiger charge is 2.31. The molecule has 1 aromatic carbocycles. The first kappa shape index (κ1) is 16.4. The molecule has 0 saturated carbocycles. The second kappa shape index (κ2) is 7.84. The number of nitrogens with zero attached hydrogens (tertiary/aromatic N) is 1. The first-order valence-corrected chi connectivity index (χ1v) is 7.96. The summed E-state index contributed by atoms with van der Waals surface area (Å²) >= 11 is 1.31. The predicted octanol–water partition coefficient (Wildman–Crippen LogP) is 2.02. The normalized spacial score (nSPS) is 19.1. The predicted molar refractivity (Wildman–Crippen MR) is 88.4 cm³/mol. The molecule has 1 saturated heterocycles. The molecule has 0 spiro atoms. The van der Waals surface area contributed by atoms with Gasteiger partial charge in [0.15, 0.2) is 5.17 Å². The zero-order chi connectivity index (χ0) is 15.9. The van der Waals surface area contributed by atoms with Crippen molar-refractivity contribution in [1.82, 2.24) is 5.32 Å². The largest absolute Gasteiger partial charge is 0.497 e. The summed E-state index contributed by atoms with van der Waals surface area (Å²) < 4.78 is 5.06. The Morgan fingerprint density at radius 1 is 1.41 bits per heavy atom. The summed E-state index contributed by atoms with van der Waals surface area (Å²) in [5.74, 6) is 0.361. The third kappa shape index (κ3) is 4.49. The fourth-order valence-corrected chi connectivity index (χ4v) is 2.88. The summed E-state index contributed by atoms with van der Waals surface area (Å²) in [5, 5.41) is 5.65. The molecule has 7 heteroatoms. The van der Waals surface area contributed by atoms with Gasteiger partial charge in [-0.3, -0.25) is 14.6 Å². The van der Waals surface area contributed by atoms with Gasteiger partial charge in [0.05, 0.1) is 7.11 Å². The van der Waals surface area contributed by atoms with E-state index in [4.69, 9.17) is 4.74 Å². The second-order valence-corrected chi connectivity index (χ2v) is 5.95. The van der Waals surface area contributed by atoms with Gasteiger partial charge in [0.25, 0.3) is 0 Å². The minimum Gasteiger partial charge on any atom is -0.497 e. The number of thioether (sulfide) groups is 1. The van der Waals surface area contributed by atoms with E-state index in [9.17, 15) is 9.59 Å². The molecule has 2 rings (SSSR count). The van der Waals surface area contributed by atoms with Gasteiger partial charge in [0, 0.05) is 18.7 Å². The molecular formula is C15H19N3O3S. The summed E-state index contributed by atoms with van der Waals surface area (Å²) in [5.41, 5.74) is 0.675. The molecule has 0 radical (unpaired) electrons. The van der Waals surface area contributed by atoms with Crippen molar-refractivity contribution < 1.29 is 14.3 Å². The summed E-state index contributed by atoms with van der Waals surface area (Å²) in [6.45, 7) is 2.69. The number of hydrogen-bond donors (Lipinski definition) is 2. The molecule has 0 aliphatic carbocycles. The Bertz CT molecular complexity index is 572. The molecular weight excluding hydrogens is 302 g/mol. The molecule has 1 aromatic rings. The third-order valence-corrected chi connectivity index (χ3v) is 4.12. The van der Waals surface area contributed by atoms with Crippen molar-refractivity contribution in [1.29, 1.82) is 0 Å². The smallest absolute Gasteiger partial charge is 0.240 e. The van der Waals surface area contributed by atoms with E-state index in [1.807, 2.05) is 6.92 Å². The average molecular weight is 321 g/mol. The van der Waals surface area contributed by atoms with Crippen molar-refractivity contribution >= 4 is 34.4 Å². The van der Waals surface area contributed by atoms with Crippen LogP contribution in [0.4, 0.5) is 5.69 Å². The van der Waals surface area contributed by atoms with E-state index in [0.717, 1.165) is 12.2 Å². The summed E-state index contributed by atoms with van der Waals surface area (Å²) in [4.78, 5) is 28.1. The standard InChI is InChI=1S/C15H19N3O3S/c1-3-8-16-15-18-14(20)12(22-15)9-13(19)17-10-4-6-11(21-2)7-5-10/h4-7,12H,3,8-9H2,1-2H3,(H,17,19)(H,16,18,20)/t12-/m0/s1. The highest BCUT2D eigenvalue weighted by atomic mass is 32.2. The topological polar surface area (TPSA) is 79.8 Å². The Kier molecular flexibility index (Phi) is 5.83. The van der Waals surface area contributed by atoms with E-state index in [2.05, 4.69) is 15.6 Å². The number of aliphatic imine (C=N–C) groups is 1. The van der Waals surface area contributed by atoms with Crippen molar-refractivity contribution in [3.8, 4) is 5.75 Å². The van der Waals surface area contributed by atoms with Crippen LogP contribution < -0.4 is 15.4 Å². The van der Waals surface area contributed by atoms with Gasteiger partial charge in [0.2, 0.25) is 11.8 Å². The SMILES string of the molecule is CCCN=C1NC(=O)[C@H](CC(=O)Nc2ccc(OC)cc2)S1.